The van der Waals surface area contributed by atoms with Crippen molar-refractivity contribution in [2.75, 3.05) is 6.61 Å². The van der Waals surface area contributed by atoms with E-state index in [2.05, 4.69) is 29.0 Å². The topological polar surface area (TPSA) is 62.6 Å². The minimum atomic E-state index is -0.474. The van der Waals surface area contributed by atoms with Crippen molar-refractivity contribution in [2.45, 2.75) is 37.6 Å². The van der Waals surface area contributed by atoms with Crippen LogP contribution in [0.3, 0.4) is 0 Å². The summed E-state index contributed by atoms with van der Waals surface area (Å²) in [5.74, 6) is 6.19. The lowest BCUT2D eigenvalue weighted by Gasteiger charge is -2.32. The van der Waals surface area contributed by atoms with Gasteiger partial charge in [0.25, 0.3) is 0 Å². The van der Waals surface area contributed by atoms with Gasteiger partial charge in [-0.2, -0.15) is 0 Å². The Morgan fingerprint density at radius 2 is 1.97 bits per heavy atom. The molecule has 1 saturated heterocycles. The van der Waals surface area contributed by atoms with Gasteiger partial charge in [-0.25, -0.2) is 4.98 Å². The first-order valence-electron chi connectivity index (χ1n) is 9.84. The maximum Gasteiger partial charge on any atom is 0.167 e. The molecule has 154 valence electrons. The highest BCUT2D eigenvalue weighted by Crippen LogP contribution is 2.33. The lowest BCUT2D eigenvalue weighted by molar-refractivity contribution is -0.113. The molecule has 1 aliphatic heterocycles. The van der Waals surface area contributed by atoms with Gasteiger partial charge in [0.15, 0.2) is 5.01 Å². The van der Waals surface area contributed by atoms with Crippen molar-refractivity contribution in [2.24, 2.45) is 0 Å². The number of benzene rings is 2. The lowest BCUT2D eigenvalue weighted by Crippen LogP contribution is -2.33. The molecular weight excluding hydrogens is 418 g/mol. The summed E-state index contributed by atoms with van der Waals surface area (Å²) in [6, 6.07) is 13.9. The van der Waals surface area contributed by atoms with E-state index in [1.165, 1.54) is 11.3 Å². The van der Waals surface area contributed by atoms with Crippen molar-refractivity contribution in [1.29, 1.82) is 0 Å². The third-order valence-corrected chi connectivity index (χ3v) is 6.17. The molecule has 0 aliphatic carbocycles. The first-order valence-corrected chi connectivity index (χ1v) is 11.1. The van der Waals surface area contributed by atoms with E-state index in [1.54, 1.807) is 6.20 Å². The van der Waals surface area contributed by atoms with Gasteiger partial charge in [0.05, 0.1) is 24.9 Å². The molecule has 6 heteroatoms. The fourth-order valence-corrected chi connectivity index (χ4v) is 4.26. The first-order chi connectivity index (χ1) is 14.6. The van der Waals surface area contributed by atoms with Gasteiger partial charge in [-0.05, 0) is 47.2 Å². The second-order valence-electron chi connectivity index (χ2n) is 7.37. The highest BCUT2D eigenvalue weighted by atomic mass is 35.5. The molecular formula is C24H22ClNO3S. The van der Waals surface area contributed by atoms with Crippen LogP contribution in [0.15, 0.2) is 54.0 Å². The van der Waals surface area contributed by atoms with Crippen LogP contribution in [0.1, 0.15) is 46.2 Å². The molecule has 2 N–H and O–H groups in total. The zero-order valence-corrected chi connectivity index (χ0v) is 17.9. The molecule has 1 aliphatic rings. The average Bonchev–Trinajstić information content (AvgIpc) is 3.28. The van der Waals surface area contributed by atoms with Gasteiger partial charge in [-0.1, -0.05) is 41.8 Å². The summed E-state index contributed by atoms with van der Waals surface area (Å²) in [6.45, 7) is -0.0915. The molecule has 0 bridgehead atoms. The molecule has 2 aromatic carbocycles. The Morgan fingerprint density at radius 3 is 2.70 bits per heavy atom. The summed E-state index contributed by atoms with van der Waals surface area (Å²) in [7, 11) is 0. The Bertz CT molecular complexity index is 1040. The number of ether oxygens (including phenoxy) is 1. The van der Waals surface area contributed by atoms with Crippen molar-refractivity contribution in [1.82, 2.24) is 4.98 Å². The molecule has 4 rings (SSSR count). The van der Waals surface area contributed by atoms with Crippen molar-refractivity contribution in [3.8, 4) is 11.8 Å². The summed E-state index contributed by atoms with van der Waals surface area (Å²) < 4.78 is 5.94. The molecule has 0 unspecified atom stereocenters. The van der Waals surface area contributed by atoms with Crippen molar-refractivity contribution in [3.05, 3.63) is 86.3 Å². The number of hydrogen-bond donors (Lipinski definition) is 2. The number of hydrogen-bond acceptors (Lipinski definition) is 5. The van der Waals surface area contributed by atoms with E-state index in [4.69, 9.17) is 16.3 Å². The molecule has 0 saturated carbocycles. The van der Waals surface area contributed by atoms with Crippen LogP contribution in [0.4, 0.5) is 0 Å². The minimum Gasteiger partial charge on any atom is -0.394 e. The third kappa shape index (κ3) is 5.28. The monoisotopic (exact) mass is 439 g/mol. The van der Waals surface area contributed by atoms with Crippen molar-refractivity contribution in [3.63, 3.8) is 0 Å². The average molecular weight is 440 g/mol. The summed E-state index contributed by atoms with van der Waals surface area (Å²) in [4.78, 5) is 4.17. The Labute approximate surface area is 185 Å². The SMILES string of the molecule is OC[C@@H]1C[C@H](O)C[C@H](c2ccc(Cl)c(Cc3ccc(C#Cc4nccs4)cc3)c2)O1. The van der Waals surface area contributed by atoms with Gasteiger partial charge in [0.2, 0.25) is 0 Å². The van der Waals surface area contributed by atoms with E-state index in [0.717, 1.165) is 27.3 Å². The van der Waals surface area contributed by atoms with E-state index in [0.29, 0.717) is 24.3 Å². The van der Waals surface area contributed by atoms with Gasteiger partial charge in [0, 0.05) is 35.0 Å². The number of halogens is 1. The van der Waals surface area contributed by atoms with Crippen LogP contribution < -0.4 is 0 Å². The molecule has 0 radical (unpaired) electrons. The second-order valence-corrected chi connectivity index (χ2v) is 8.67. The zero-order valence-electron chi connectivity index (χ0n) is 16.3. The van der Waals surface area contributed by atoms with Crippen LogP contribution in [-0.2, 0) is 11.2 Å². The lowest BCUT2D eigenvalue weighted by atomic mass is 9.94. The molecule has 3 atom stereocenters. The molecule has 4 nitrogen and oxygen atoms in total. The molecule has 0 spiro atoms. The normalized spacial score (nSPS) is 21.1. The number of nitrogens with zero attached hydrogens (tertiary/aromatic N) is 1. The van der Waals surface area contributed by atoms with Gasteiger partial charge in [0.1, 0.15) is 0 Å². The Hall–Kier alpha value is -2.20. The summed E-state index contributed by atoms with van der Waals surface area (Å²) in [6.07, 6.45) is 2.36. The highest BCUT2D eigenvalue weighted by Gasteiger charge is 2.29. The number of aliphatic hydroxyl groups is 2. The summed E-state index contributed by atoms with van der Waals surface area (Å²) >= 11 is 7.97. The molecule has 1 fully saturated rings. The van der Waals surface area contributed by atoms with E-state index >= 15 is 0 Å². The van der Waals surface area contributed by atoms with Crippen LogP contribution in [0.5, 0.6) is 0 Å². The maximum atomic E-state index is 10.1. The van der Waals surface area contributed by atoms with Crippen molar-refractivity contribution >= 4 is 22.9 Å². The van der Waals surface area contributed by atoms with Crippen LogP contribution in [0.25, 0.3) is 0 Å². The summed E-state index contributed by atoms with van der Waals surface area (Å²) in [5, 5.41) is 22.9. The van der Waals surface area contributed by atoms with Gasteiger partial charge in [-0.3, -0.25) is 0 Å². The Morgan fingerprint density at radius 1 is 1.13 bits per heavy atom. The van der Waals surface area contributed by atoms with Crippen LogP contribution in [-0.4, -0.2) is 34.0 Å². The quantitative estimate of drug-likeness (QED) is 0.593. The Kier molecular flexibility index (Phi) is 6.83. The smallest absolute Gasteiger partial charge is 0.167 e. The fraction of sp³-hybridized carbons (Fsp3) is 0.292. The molecule has 1 aromatic heterocycles. The van der Waals surface area contributed by atoms with Gasteiger partial charge in [-0.15, -0.1) is 11.3 Å². The Balaban J connectivity index is 1.48. The summed E-state index contributed by atoms with van der Waals surface area (Å²) in [5.41, 5.74) is 4.04. The molecule has 2 heterocycles. The van der Waals surface area contributed by atoms with E-state index < -0.39 is 6.10 Å². The molecule has 30 heavy (non-hydrogen) atoms. The van der Waals surface area contributed by atoms with Gasteiger partial charge >= 0.3 is 0 Å². The number of aromatic nitrogens is 1. The van der Waals surface area contributed by atoms with Crippen molar-refractivity contribution < 1.29 is 14.9 Å². The van der Waals surface area contributed by atoms with Crippen LogP contribution >= 0.6 is 22.9 Å². The highest BCUT2D eigenvalue weighted by molar-refractivity contribution is 7.10. The number of rotatable bonds is 4. The molecule has 0 amide bonds. The minimum absolute atomic E-state index is 0.0915. The number of aliphatic hydroxyl groups excluding tert-OH is 2. The number of thiazole rings is 1. The van der Waals surface area contributed by atoms with Crippen LogP contribution in [0.2, 0.25) is 5.02 Å². The maximum absolute atomic E-state index is 10.1. The zero-order chi connectivity index (χ0) is 20.9. The fourth-order valence-electron chi connectivity index (χ4n) is 3.59. The second kappa shape index (κ2) is 9.74. The largest absolute Gasteiger partial charge is 0.394 e. The van der Waals surface area contributed by atoms with E-state index in [-0.39, 0.29) is 18.8 Å². The standard InChI is InChI=1S/C24H22ClNO3S/c25-22-7-6-18(23-14-20(28)13-21(15-27)29-23)12-19(22)11-17-3-1-16(2-4-17)5-8-24-26-9-10-30-24/h1-4,6-7,9-10,12,20-21,23,27-28H,11,13-15H2/t20-,21-,23+/m0/s1. The first kappa shape index (κ1) is 21.0. The molecule has 3 aromatic rings. The van der Waals surface area contributed by atoms with E-state index in [1.807, 2.05) is 35.7 Å². The predicted molar refractivity (Wildman–Crippen MR) is 119 cm³/mol. The third-order valence-electron chi connectivity index (χ3n) is 5.12. The van der Waals surface area contributed by atoms with Crippen LogP contribution in [0, 0.1) is 11.8 Å². The predicted octanol–water partition coefficient (Wildman–Crippen LogP) is 4.36. The van der Waals surface area contributed by atoms with E-state index in [9.17, 15) is 10.2 Å². The van der Waals surface area contributed by atoms with Gasteiger partial charge < -0.3 is 14.9 Å².